The first-order valence-corrected chi connectivity index (χ1v) is 9.39. The van der Waals surface area contributed by atoms with Gasteiger partial charge in [-0.2, -0.15) is 0 Å². The van der Waals surface area contributed by atoms with Gasteiger partial charge >= 0.3 is 0 Å². The molecule has 0 atom stereocenters. The molecule has 6 nitrogen and oxygen atoms in total. The average Bonchev–Trinajstić information content (AvgIpc) is 3.10. The molecule has 1 aliphatic rings. The van der Waals surface area contributed by atoms with Crippen LogP contribution in [0.5, 0.6) is 0 Å². The number of fused-ring (bicyclic) bond motifs is 1. The Labute approximate surface area is 159 Å². The van der Waals surface area contributed by atoms with Crippen LogP contribution >= 0.6 is 0 Å². The third-order valence-corrected chi connectivity index (χ3v) is 5.11. The van der Waals surface area contributed by atoms with E-state index in [1.807, 2.05) is 53.7 Å². The summed E-state index contributed by atoms with van der Waals surface area (Å²) >= 11 is 0. The van der Waals surface area contributed by atoms with Gasteiger partial charge in [-0.1, -0.05) is 18.2 Å². The topological polar surface area (TPSA) is 52.9 Å². The number of likely N-dealkylation sites (N-methyl/N-ethyl adjacent to an activating group) is 1. The van der Waals surface area contributed by atoms with Gasteiger partial charge in [-0.25, -0.2) is 4.98 Å². The van der Waals surface area contributed by atoms with Gasteiger partial charge in [-0.15, -0.1) is 0 Å². The number of rotatable bonds is 5. The standard InChI is InChI=1S/C21H25N5O/c1-24-9-11-25(12-10-24)21(27)14-17-5-4-6-18(13-17)22-15-19-16-23-20-7-2-3-8-26(19)20/h2-8,13,16,22H,9-12,14-15H2,1H3. The molecule has 1 fully saturated rings. The van der Waals surface area contributed by atoms with Crippen molar-refractivity contribution in [2.45, 2.75) is 13.0 Å². The van der Waals surface area contributed by atoms with Crippen molar-refractivity contribution in [1.29, 1.82) is 0 Å². The molecule has 0 spiro atoms. The van der Waals surface area contributed by atoms with Gasteiger partial charge < -0.3 is 19.5 Å². The third kappa shape index (κ3) is 4.11. The molecule has 3 aromatic rings. The Hall–Kier alpha value is -2.86. The van der Waals surface area contributed by atoms with Gasteiger partial charge in [0, 0.05) is 38.1 Å². The molecule has 1 amide bonds. The van der Waals surface area contributed by atoms with Crippen molar-refractivity contribution >= 4 is 17.2 Å². The number of hydrogen-bond acceptors (Lipinski definition) is 4. The van der Waals surface area contributed by atoms with Crippen LogP contribution in [0.3, 0.4) is 0 Å². The molecule has 1 saturated heterocycles. The number of pyridine rings is 1. The van der Waals surface area contributed by atoms with E-state index >= 15 is 0 Å². The molecule has 3 heterocycles. The summed E-state index contributed by atoms with van der Waals surface area (Å²) in [5.74, 6) is 0.210. The van der Waals surface area contributed by atoms with Crippen molar-refractivity contribution in [2.24, 2.45) is 0 Å². The summed E-state index contributed by atoms with van der Waals surface area (Å²) in [6.45, 7) is 4.23. The number of amides is 1. The van der Waals surface area contributed by atoms with E-state index < -0.39 is 0 Å². The molecule has 0 unspecified atom stereocenters. The van der Waals surface area contributed by atoms with E-state index in [-0.39, 0.29) is 5.91 Å². The van der Waals surface area contributed by atoms with Crippen LogP contribution in [-0.4, -0.2) is 58.3 Å². The van der Waals surface area contributed by atoms with E-state index in [0.29, 0.717) is 13.0 Å². The maximum Gasteiger partial charge on any atom is 0.227 e. The molecule has 1 aliphatic heterocycles. The van der Waals surface area contributed by atoms with Crippen LogP contribution in [0, 0.1) is 0 Å². The highest BCUT2D eigenvalue weighted by molar-refractivity contribution is 5.79. The molecule has 0 bridgehead atoms. The minimum Gasteiger partial charge on any atom is -0.379 e. The molecule has 6 heteroatoms. The lowest BCUT2D eigenvalue weighted by molar-refractivity contribution is -0.132. The van der Waals surface area contributed by atoms with E-state index in [2.05, 4.69) is 32.7 Å². The minimum absolute atomic E-state index is 0.210. The third-order valence-electron chi connectivity index (χ3n) is 5.11. The zero-order valence-corrected chi connectivity index (χ0v) is 15.6. The van der Waals surface area contributed by atoms with E-state index in [9.17, 15) is 4.79 Å². The summed E-state index contributed by atoms with van der Waals surface area (Å²) in [6, 6.07) is 14.1. The summed E-state index contributed by atoms with van der Waals surface area (Å²) in [6.07, 6.45) is 4.36. The Bertz CT molecular complexity index is 927. The van der Waals surface area contributed by atoms with Crippen LogP contribution in [0.2, 0.25) is 0 Å². The van der Waals surface area contributed by atoms with Crippen molar-refractivity contribution in [2.75, 3.05) is 38.5 Å². The second-order valence-electron chi connectivity index (χ2n) is 7.09. The van der Waals surface area contributed by atoms with Crippen molar-refractivity contribution < 1.29 is 4.79 Å². The Balaban J connectivity index is 1.38. The highest BCUT2D eigenvalue weighted by atomic mass is 16.2. The van der Waals surface area contributed by atoms with Crippen LogP contribution in [0.25, 0.3) is 5.65 Å². The Kier molecular flexibility index (Phi) is 5.07. The summed E-state index contributed by atoms with van der Waals surface area (Å²) < 4.78 is 2.08. The van der Waals surface area contributed by atoms with Gasteiger partial charge in [0.25, 0.3) is 0 Å². The maximum absolute atomic E-state index is 12.6. The number of piperazine rings is 1. The molecule has 0 radical (unpaired) electrons. The number of benzene rings is 1. The molecule has 27 heavy (non-hydrogen) atoms. The largest absolute Gasteiger partial charge is 0.379 e. The van der Waals surface area contributed by atoms with Crippen LogP contribution in [0.15, 0.2) is 54.9 Å². The fourth-order valence-electron chi connectivity index (χ4n) is 3.44. The van der Waals surface area contributed by atoms with Crippen molar-refractivity contribution in [3.05, 3.63) is 66.1 Å². The quantitative estimate of drug-likeness (QED) is 0.756. The number of hydrogen-bond donors (Lipinski definition) is 1. The first-order chi connectivity index (χ1) is 13.2. The Morgan fingerprint density at radius 3 is 2.81 bits per heavy atom. The zero-order chi connectivity index (χ0) is 18.6. The molecular formula is C21H25N5O. The second-order valence-corrected chi connectivity index (χ2v) is 7.09. The summed E-state index contributed by atoms with van der Waals surface area (Å²) in [5.41, 5.74) is 4.11. The first kappa shape index (κ1) is 17.5. The van der Waals surface area contributed by atoms with E-state index in [0.717, 1.165) is 48.8 Å². The summed E-state index contributed by atoms with van der Waals surface area (Å²) in [4.78, 5) is 21.2. The SMILES string of the molecule is CN1CCN(C(=O)Cc2cccc(NCc3cnc4ccccn34)c2)CC1. The number of carbonyl (C=O) groups excluding carboxylic acids is 1. The van der Waals surface area contributed by atoms with E-state index in [4.69, 9.17) is 0 Å². The monoisotopic (exact) mass is 363 g/mol. The molecule has 4 rings (SSSR count). The van der Waals surface area contributed by atoms with Gasteiger partial charge in [0.15, 0.2) is 0 Å². The van der Waals surface area contributed by atoms with Crippen molar-refractivity contribution in [3.63, 3.8) is 0 Å². The van der Waals surface area contributed by atoms with Gasteiger partial charge in [-0.3, -0.25) is 4.79 Å². The van der Waals surface area contributed by atoms with E-state index in [1.54, 1.807) is 0 Å². The Morgan fingerprint density at radius 2 is 1.96 bits per heavy atom. The molecule has 0 aliphatic carbocycles. The van der Waals surface area contributed by atoms with E-state index in [1.165, 1.54) is 0 Å². The molecule has 2 aromatic heterocycles. The number of carbonyl (C=O) groups is 1. The van der Waals surface area contributed by atoms with Crippen LogP contribution in [-0.2, 0) is 17.8 Å². The minimum atomic E-state index is 0.210. The van der Waals surface area contributed by atoms with Gasteiger partial charge in [0.1, 0.15) is 5.65 Å². The molecule has 1 aromatic carbocycles. The van der Waals surface area contributed by atoms with Crippen molar-refractivity contribution in [1.82, 2.24) is 19.2 Å². The maximum atomic E-state index is 12.6. The van der Waals surface area contributed by atoms with Gasteiger partial charge in [0.05, 0.1) is 24.9 Å². The molecular weight excluding hydrogens is 338 g/mol. The molecule has 140 valence electrons. The number of nitrogens with one attached hydrogen (secondary N) is 1. The lowest BCUT2D eigenvalue weighted by atomic mass is 10.1. The predicted octanol–water partition coefficient (Wildman–Crippen LogP) is 2.26. The second kappa shape index (κ2) is 7.80. The predicted molar refractivity (Wildman–Crippen MR) is 107 cm³/mol. The van der Waals surface area contributed by atoms with Gasteiger partial charge in [-0.05, 0) is 36.9 Å². The van der Waals surface area contributed by atoms with Crippen LogP contribution in [0.4, 0.5) is 5.69 Å². The fourth-order valence-corrected chi connectivity index (χ4v) is 3.44. The lowest BCUT2D eigenvalue weighted by Crippen LogP contribution is -2.47. The fraction of sp³-hybridized carbons (Fsp3) is 0.333. The number of imidazole rings is 1. The normalized spacial score (nSPS) is 15.2. The Morgan fingerprint density at radius 1 is 1.11 bits per heavy atom. The van der Waals surface area contributed by atoms with Crippen LogP contribution < -0.4 is 5.32 Å². The van der Waals surface area contributed by atoms with Crippen LogP contribution in [0.1, 0.15) is 11.3 Å². The summed E-state index contributed by atoms with van der Waals surface area (Å²) in [5, 5.41) is 3.45. The average molecular weight is 363 g/mol. The summed E-state index contributed by atoms with van der Waals surface area (Å²) in [7, 11) is 2.10. The van der Waals surface area contributed by atoms with Crippen molar-refractivity contribution in [3.8, 4) is 0 Å². The first-order valence-electron chi connectivity index (χ1n) is 9.39. The molecule has 1 N–H and O–H groups in total. The molecule has 0 saturated carbocycles. The highest BCUT2D eigenvalue weighted by Gasteiger charge is 2.19. The van der Waals surface area contributed by atoms with Gasteiger partial charge in [0.2, 0.25) is 5.91 Å². The number of nitrogens with zero attached hydrogens (tertiary/aromatic N) is 4. The number of anilines is 1. The smallest absolute Gasteiger partial charge is 0.227 e. The number of aromatic nitrogens is 2. The lowest BCUT2D eigenvalue weighted by Gasteiger charge is -2.32. The highest BCUT2D eigenvalue weighted by Crippen LogP contribution is 2.15. The zero-order valence-electron chi connectivity index (χ0n) is 15.6.